The van der Waals surface area contributed by atoms with E-state index in [1.54, 1.807) is 30.2 Å². The molecule has 0 aliphatic heterocycles. The van der Waals surface area contributed by atoms with Crippen molar-refractivity contribution >= 4 is 29.7 Å². The highest BCUT2D eigenvalue weighted by Crippen LogP contribution is 2.31. The van der Waals surface area contributed by atoms with Crippen molar-refractivity contribution in [1.82, 2.24) is 9.88 Å². The Morgan fingerprint density at radius 2 is 1.84 bits per heavy atom. The lowest BCUT2D eigenvalue weighted by atomic mass is 10.2. The Bertz CT molecular complexity index is 432. The van der Waals surface area contributed by atoms with Crippen LogP contribution in [0.1, 0.15) is 55.2 Å². The van der Waals surface area contributed by atoms with E-state index < -0.39 is 6.04 Å². The zero-order valence-electron chi connectivity index (χ0n) is 12.4. The summed E-state index contributed by atoms with van der Waals surface area (Å²) in [6, 6.07) is -0.441. The summed E-state index contributed by atoms with van der Waals surface area (Å²) in [6.07, 6.45) is 0. The van der Waals surface area contributed by atoms with Crippen LogP contribution in [0.4, 0.5) is 0 Å². The van der Waals surface area contributed by atoms with Crippen LogP contribution in [0, 0.1) is 6.92 Å². The van der Waals surface area contributed by atoms with E-state index >= 15 is 0 Å². The molecule has 0 saturated heterocycles. The summed E-state index contributed by atoms with van der Waals surface area (Å²) in [5.74, 6) is 0.380. The van der Waals surface area contributed by atoms with Gasteiger partial charge < -0.3 is 10.6 Å². The number of rotatable bonds is 4. The molecule has 1 rings (SSSR count). The summed E-state index contributed by atoms with van der Waals surface area (Å²) in [4.78, 5) is 19.3. The molecule has 1 unspecified atom stereocenters. The van der Waals surface area contributed by atoms with Gasteiger partial charge in [0, 0.05) is 17.8 Å². The number of amides is 1. The van der Waals surface area contributed by atoms with Gasteiger partial charge in [-0.1, -0.05) is 13.8 Å². The lowest BCUT2D eigenvalue weighted by Crippen LogP contribution is -2.40. The molecule has 0 aliphatic rings. The minimum Gasteiger partial charge on any atom is -0.337 e. The molecule has 0 aliphatic carbocycles. The van der Waals surface area contributed by atoms with Crippen LogP contribution in [0.25, 0.3) is 0 Å². The molecule has 2 atom stereocenters. The highest BCUT2D eigenvalue weighted by atomic mass is 35.5. The van der Waals surface area contributed by atoms with Gasteiger partial charge in [0.15, 0.2) is 0 Å². The van der Waals surface area contributed by atoms with Crippen LogP contribution < -0.4 is 5.73 Å². The van der Waals surface area contributed by atoms with Gasteiger partial charge in [-0.3, -0.25) is 4.79 Å². The molecule has 19 heavy (non-hydrogen) atoms. The minimum absolute atomic E-state index is 0. The maximum absolute atomic E-state index is 11.9. The maximum Gasteiger partial charge on any atom is 0.239 e. The second-order valence-corrected chi connectivity index (χ2v) is 6.13. The summed E-state index contributed by atoms with van der Waals surface area (Å²) in [5.41, 5.74) is 6.66. The highest BCUT2D eigenvalue weighted by molar-refractivity contribution is 7.11. The molecule has 0 fully saturated rings. The van der Waals surface area contributed by atoms with Crippen LogP contribution in [0.3, 0.4) is 0 Å². The van der Waals surface area contributed by atoms with Crippen LogP contribution >= 0.6 is 23.7 Å². The predicted octanol–water partition coefficient (Wildman–Crippen LogP) is 2.86. The quantitative estimate of drug-likeness (QED) is 0.930. The van der Waals surface area contributed by atoms with E-state index in [1.807, 2.05) is 13.8 Å². The number of nitrogens with two attached hydrogens (primary N) is 1. The Morgan fingerprint density at radius 1 is 1.32 bits per heavy atom. The normalized spacial score (nSPS) is 13.9. The first-order valence-electron chi connectivity index (χ1n) is 6.25. The molecule has 0 radical (unpaired) electrons. The maximum atomic E-state index is 11.9. The number of hydrogen-bond acceptors (Lipinski definition) is 4. The van der Waals surface area contributed by atoms with E-state index in [0.717, 1.165) is 15.6 Å². The van der Waals surface area contributed by atoms with Crippen molar-refractivity contribution in [2.24, 2.45) is 5.73 Å². The van der Waals surface area contributed by atoms with Crippen LogP contribution in [0.2, 0.25) is 0 Å². The van der Waals surface area contributed by atoms with Crippen molar-refractivity contribution in [1.29, 1.82) is 0 Å². The van der Waals surface area contributed by atoms with Gasteiger partial charge in [-0.05, 0) is 20.8 Å². The Morgan fingerprint density at radius 3 is 2.21 bits per heavy atom. The first-order chi connectivity index (χ1) is 8.25. The standard InChI is InChI=1S/C13H23N3OS.ClH/c1-7(2)12-15-9(4)11(18-12)10(5)16(6)13(17)8(3)14;/h7-8,10H,14H2,1-6H3;1H/t8-,10?;/m1./s1. The second-order valence-electron chi connectivity index (χ2n) is 5.07. The summed E-state index contributed by atoms with van der Waals surface area (Å²) in [5, 5.41) is 1.12. The number of carbonyl (C=O) groups is 1. The average molecular weight is 306 g/mol. The number of halogens is 1. The van der Waals surface area contributed by atoms with Crippen LogP contribution in [0.5, 0.6) is 0 Å². The van der Waals surface area contributed by atoms with Gasteiger partial charge in [-0.25, -0.2) is 4.98 Å². The van der Waals surface area contributed by atoms with Gasteiger partial charge in [0.25, 0.3) is 0 Å². The molecule has 1 heterocycles. The van der Waals surface area contributed by atoms with E-state index in [2.05, 4.69) is 18.8 Å². The molecule has 6 heteroatoms. The molecule has 0 bridgehead atoms. The zero-order valence-corrected chi connectivity index (χ0v) is 14.1. The summed E-state index contributed by atoms with van der Waals surface area (Å²) >= 11 is 1.69. The Hall–Kier alpha value is -0.650. The highest BCUT2D eigenvalue weighted by Gasteiger charge is 2.24. The fraction of sp³-hybridized carbons (Fsp3) is 0.692. The number of nitrogens with zero attached hydrogens (tertiary/aromatic N) is 2. The molecule has 2 N–H and O–H groups in total. The molecule has 110 valence electrons. The first-order valence-corrected chi connectivity index (χ1v) is 7.06. The van der Waals surface area contributed by atoms with Gasteiger partial charge in [0.1, 0.15) is 0 Å². The van der Waals surface area contributed by atoms with E-state index in [9.17, 15) is 4.79 Å². The topological polar surface area (TPSA) is 59.2 Å². The third kappa shape index (κ3) is 4.16. The molecule has 1 aromatic heterocycles. The molecule has 0 saturated carbocycles. The molecular weight excluding hydrogens is 282 g/mol. The summed E-state index contributed by atoms with van der Waals surface area (Å²) in [7, 11) is 1.80. The number of carbonyl (C=O) groups excluding carboxylic acids is 1. The van der Waals surface area contributed by atoms with E-state index in [-0.39, 0.29) is 24.4 Å². The van der Waals surface area contributed by atoms with Gasteiger partial charge in [-0.15, -0.1) is 23.7 Å². The molecule has 1 amide bonds. The Kier molecular flexibility index (Phi) is 6.97. The van der Waals surface area contributed by atoms with Crippen LogP contribution in [0.15, 0.2) is 0 Å². The molecule has 0 spiro atoms. The SMILES string of the molecule is Cc1nc(C(C)C)sc1C(C)N(C)C(=O)[C@@H](C)N.Cl. The molecule has 0 aromatic carbocycles. The van der Waals surface area contributed by atoms with E-state index in [4.69, 9.17) is 5.73 Å². The number of likely N-dealkylation sites (N-methyl/N-ethyl adjacent to an activating group) is 1. The smallest absolute Gasteiger partial charge is 0.239 e. The largest absolute Gasteiger partial charge is 0.337 e. The molecule has 4 nitrogen and oxygen atoms in total. The fourth-order valence-electron chi connectivity index (χ4n) is 1.75. The summed E-state index contributed by atoms with van der Waals surface area (Å²) < 4.78 is 0. The Labute approximate surface area is 125 Å². The van der Waals surface area contributed by atoms with Crippen LogP contribution in [-0.4, -0.2) is 28.9 Å². The zero-order chi connectivity index (χ0) is 14.0. The number of aromatic nitrogens is 1. The van der Waals surface area contributed by atoms with Crippen molar-refractivity contribution in [2.75, 3.05) is 7.05 Å². The van der Waals surface area contributed by atoms with Crippen molar-refractivity contribution in [3.05, 3.63) is 15.6 Å². The third-order valence-electron chi connectivity index (χ3n) is 3.04. The lowest BCUT2D eigenvalue weighted by Gasteiger charge is -2.26. The number of aryl methyl sites for hydroxylation is 1. The lowest BCUT2D eigenvalue weighted by molar-refractivity contribution is -0.132. The van der Waals surface area contributed by atoms with Gasteiger partial charge >= 0.3 is 0 Å². The number of hydrogen-bond donors (Lipinski definition) is 1. The fourth-order valence-corrected chi connectivity index (χ4v) is 2.92. The van der Waals surface area contributed by atoms with Gasteiger partial charge in [0.05, 0.1) is 22.8 Å². The van der Waals surface area contributed by atoms with Gasteiger partial charge in [0.2, 0.25) is 5.91 Å². The predicted molar refractivity (Wildman–Crippen MR) is 83.0 cm³/mol. The van der Waals surface area contributed by atoms with Gasteiger partial charge in [-0.2, -0.15) is 0 Å². The average Bonchev–Trinajstić information content (AvgIpc) is 2.68. The second kappa shape index (κ2) is 7.22. The molecule has 1 aromatic rings. The van der Waals surface area contributed by atoms with Crippen LogP contribution in [-0.2, 0) is 4.79 Å². The minimum atomic E-state index is -0.463. The van der Waals surface area contributed by atoms with Crippen molar-refractivity contribution in [3.8, 4) is 0 Å². The van der Waals surface area contributed by atoms with E-state index in [1.165, 1.54) is 0 Å². The van der Waals surface area contributed by atoms with Crippen molar-refractivity contribution < 1.29 is 4.79 Å². The Balaban J connectivity index is 0.00000324. The third-order valence-corrected chi connectivity index (χ3v) is 4.67. The summed E-state index contributed by atoms with van der Waals surface area (Å²) in [6.45, 7) is 9.99. The monoisotopic (exact) mass is 305 g/mol. The number of thiazole rings is 1. The first kappa shape index (κ1) is 18.4. The van der Waals surface area contributed by atoms with Crippen molar-refractivity contribution in [3.63, 3.8) is 0 Å². The van der Waals surface area contributed by atoms with Crippen molar-refractivity contribution in [2.45, 2.75) is 52.6 Å². The molecular formula is C13H24ClN3OS. The van der Waals surface area contributed by atoms with E-state index in [0.29, 0.717) is 5.92 Å².